The summed E-state index contributed by atoms with van der Waals surface area (Å²) in [5.41, 5.74) is 0.867. The number of hydrogen-bond donors (Lipinski definition) is 2. The number of rotatable bonds is 5. The number of hydrogen-bond acceptors (Lipinski definition) is 5. The third-order valence-corrected chi connectivity index (χ3v) is 6.36. The van der Waals surface area contributed by atoms with E-state index in [0.717, 1.165) is 49.2 Å². The molecule has 3 aromatic rings. The van der Waals surface area contributed by atoms with Crippen LogP contribution in [0.4, 0.5) is 35.3 Å². The average Bonchev–Trinajstić information content (AvgIpc) is 3.36. The number of carbonyl (C=O) groups is 1. The Morgan fingerprint density at radius 3 is 2.42 bits per heavy atom. The number of anilines is 3. The minimum absolute atomic E-state index is 0.0349. The number of urea groups is 1. The molecule has 0 radical (unpaired) electrons. The fourth-order valence-electron chi connectivity index (χ4n) is 4.08. The highest BCUT2D eigenvalue weighted by Crippen LogP contribution is 2.36. The van der Waals surface area contributed by atoms with Crippen LogP contribution in [-0.2, 0) is 6.18 Å². The monoisotopic (exact) mass is 518 g/mol. The summed E-state index contributed by atoms with van der Waals surface area (Å²) in [6.07, 6.45) is -0.261. The van der Waals surface area contributed by atoms with E-state index < -0.39 is 22.8 Å². The molecule has 11 heteroatoms. The van der Waals surface area contributed by atoms with Gasteiger partial charge in [-0.3, -0.25) is 0 Å². The summed E-state index contributed by atoms with van der Waals surface area (Å²) in [6, 6.07) is 7.93. The molecule has 1 aromatic heterocycles. The van der Waals surface area contributed by atoms with Crippen molar-refractivity contribution in [2.45, 2.75) is 44.7 Å². The number of benzene rings is 2. The topological polar surface area (TPSA) is 83.0 Å². The molecule has 0 saturated heterocycles. The second-order valence-electron chi connectivity index (χ2n) is 8.99. The summed E-state index contributed by atoms with van der Waals surface area (Å²) in [5.74, 6) is 2.10. The number of nitrogens with zero attached hydrogens (tertiary/aromatic N) is 4. The van der Waals surface area contributed by atoms with Crippen LogP contribution in [0.5, 0.6) is 0 Å². The lowest BCUT2D eigenvalue weighted by atomic mass is 10.1. The quantitative estimate of drug-likeness (QED) is 0.384. The standard InChI is InChI=1S/C25H26ClF3N6O/c1-14-8-9-16(22-32-21(15-6-4-5-7-15)33-23(34-22)35(2)3)12-20(14)31-24(36)30-17-10-11-19(26)18(13-17)25(27,28)29/h8-13,15H,4-7H2,1-3H3,(H2,30,31,36). The van der Waals surface area contributed by atoms with Crippen molar-refractivity contribution >= 4 is 35.0 Å². The van der Waals surface area contributed by atoms with E-state index in [1.54, 1.807) is 6.07 Å². The number of aryl methyl sites for hydroxylation is 1. The van der Waals surface area contributed by atoms with Crippen molar-refractivity contribution in [2.75, 3.05) is 29.6 Å². The van der Waals surface area contributed by atoms with Gasteiger partial charge in [-0.05, 0) is 49.6 Å². The van der Waals surface area contributed by atoms with Crippen molar-refractivity contribution in [3.8, 4) is 11.4 Å². The molecule has 0 aliphatic heterocycles. The van der Waals surface area contributed by atoms with E-state index in [4.69, 9.17) is 16.6 Å². The van der Waals surface area contributed by atoms with Crippen molar-refractivity contribution in [1.29, 1.82) is 0 Å². The molecule has 0 bridgehead atoms. The van der Waals surface area contributed by atoms with Gasteiger partial charge in [-0.25, -0.2) is 9.78 Å². The third kappa shape index (κ3) is 5.87. The Morgan fingerprint density at radius 1 is 1.03 bits per heavy atom. The van der Waals surface area contributed by atoms with Gasteiger partial charge in [0.2, 0.25) is 5.95 Å². The van der Waals surface area contributed by atoms with Crippen LogP contribution < -0.4 is 15.5 Å². The normalized spacial score (nSPS) is 14.1. The van der Waals surface area contributed by atoms with Crippen molar-refractivity contribution < 1.29 is 18.0 Å². The Hall–Kier alpha value is -3.40. The van der Waals surface area contributed by atoms with Crippen molar-refractivity contribution in [1.82, 2.24) is 15.0 Å². The van der Waals surface area contributed by atoms with Gasteiger partial charge in [0.15, 0.2) is 5.82 Å². The molecule has 0 unspecified atom stereocenters. The van der Waals surface area contributed by atoms with Gasteiger partial charge in [0.1, 0.15) is 5.82 Å². The van der Waals surface area contributed by atoms with Crippen molar-refractivity contribution in [3.05, 3.63) is 58.4 Å². The molecule has 1 aliphatic carbocycles. The van der Waals surface area contributed by atoms with E-state index in [1.807, 2.05) is 38.1 Å². The number of halogens is 4. The first-order valence-electron chi connectivity index (χ1n) is 11.5. The molecule has 4 rings (SSSR count). The molecule has 7 nitrogen and oxygen atoms in total. The van der Waals surface area contributed by atoms with E-state index in [-0.39, 0.29) is 5.69 Å². The average molecular weight is 519 g/mol. The molecular weight excluding hydrogens is 493 g/mol. The highest BCUT2D eigenvalue weighted by Gasteiger charge is 2.33. The summed E-state index contributed by atoms with van der Waals surface area (Å²) in [7, 11) is 3.73. The third-order valence-electron chi connectivity index (χ3n) is 6.03. The van der Waals surface area contributed by atoms with Gasteiger partial charge in [-0.15, -0.1) is 0 Å². The Morgan fingerprint density at radius 2 is 1.75 bits per heavy atom. The predicted molar refractivity (Wildman–Crippen MR) is 135 cm³/mol. The van der Waals surface area contributed by atoms with Crippen LogP contribution in [0, 0.1) is 6.92 Å². The summed E-state index contributed by atoms with van der Waals surface area (Å²) >= 11 is 5.66. The fraction of sp³-hybridized carbons (Fsp3) is 0.360. The van der Waals surface area contributed by atoms with Gasteiger partial charge in [-0.2, -0.15) is 23.1 Å². The Labute approximate surface area is 212 Å². The zero-order valence-corrected chi connectivity index (χ0v) is 20.8. The maximum Gasteiger partial charge on any atom is 0.417 e. The maximum atomic E-state index is 13.1. The Balaban J connectivity index is 1.59. The lowest BCUT2D eigenvalue weighted by Crippen LogP contribution is -2.20. The highest BCUT2D eigenvalue weighted by molar-refractivity contribution is 6.31. The van der Waals surface area contributed by atoms with Crippen molar-refractivity contribution in [3.63, 3.8) is 0 Å². The van der Waals surface area contributed by atoms with Crippen LogP contribution in [0.25, 0.3) is 11.4 Å². The van der Waals surface area contributed by atoms with Crippen LogP contribution in [-0.4, -0.2) is 35.1 Å². The second kappa shape index (κ2) is 10.3. The number of carbonyl (C=O) groups excluding carboxylic acids is 1. The molecule has 1 fully saturated rings. The molecule has 1 saturated carbocycles. The summed E-state index contributed by atoms with van der Waals surface area (Å²) in [5, 5.41) is 4.69. The SMILES string of the molecule is Cc1ccc(-c2nc(C3CCCC3)nc(N(C)C)n2)cc1NC(=O)Nc1ccc(Cl)c(C(F)(F)F)c1. The predicted octanol–water partition coefficient (Wildman–Crippen LogP) is 6.89. The number of alkyl halides is 3. The van der Waals surface area contributed by atoms with E-state index >= 15 is 0 Å². The zero-order valence-electron chi connectivity index (χ0n) is 20.1. The summed E-state index contributed by atoms with van der Waals surface area (Å²) < 4.78 is 39.4. The first kappa shape index (κ1) is 25.7. The number of nitrogens with one attached hydrogen (secondary N) is 2. The van der Waals surface area contributed by atoms with Gasteiger partial charge in [0, 0.05) is 37.0 Å². The van der Waals surface area contributed by atoms with Crippen LogP contribution >= 0.6 is 11.6 Å². The van der Waals surface area contributed by atoms with Gasteiger partial charge >= 0.3 is 12.2 Å². The lowest BCUT2D eigenvalue weighted by Gasteiger charge is -2.16. The molecule has 2 amide bonds. The minimum Gasteiger partial charge on any atom is -0.347 e. The molecule has 36 heavy (non-hydrogen) atoms. The Bertz CT molecular complexity index is 1280. The van der Waals surface area contributed by atoms with E-state index in [9.17, 15) is 18.0 Å². The van der Waals surface area contributed by atoms with E-state index in [1.165, 1.54) is 6.07 Å². The first-order chi connectivity index (χ1) is 17.0. The molecule has 1 heterocycles. The van der Waals surface area contributed by atoms with E-state index in [0.29, 0.717) is 28.9 Å². The molecular formula is C25H26ClF3N6O. The second-order valence-corrected chi connectivity index (χ2v) is 9.40. The largest absolute Gasteiger partial charge is 0.417 e. The lowest BCUT2D eigenvalue weighted by molar-refractivity contribution is -0.137. The Kier molecular flexibility index (Phi) is 7.35. The van der Waals surface area contributed by atoms with Crippen LogP contribution in [0.15, 0.2) is 36.4 Å². The van der Waals surface area contributed by atoms with Gasteiger partial charge in [0.05, 0.1) is 10.6 Å². The fourth-order valence-corrected chi connectivity index (χ4v) is 4.30. The zero-order chi connectivity index (χ0) is 26.0. The smallest absolute Gasteiger partial charge is 0.347 e. The molecule has 1 aliphatic rings. The molecule has 2 aromatic carbocycles. The number of amides is 2. The minimum atomic E-state index is -4.64. The first-order valence-corrected chi connectivity index (χ1v) is 11.9. The molecule has 190 valence electrons. The highest BCUT2D eigenvalue weighted by atomic mass is 35.5. The van der Waals surface area contributed by atoms with Crippen LogP contribution in [0.3, 0.4) is 0 Å². The summed E-state index contributed by atoms with van der Waals surface area (Å²) in [6.45, 7) is 1.81. The number of aromatic nitrogens is 3. The molecule has 0 spiro atoms. The van der Waals surface area contributed by atoms with E-state index in [2.05, 4.69) is 20.6 Å². The van der Waals surface area contributed by atoms with Gasteiger partial charge in [0.25, 0.3) is 0 Å². The van der Waals surface area contributed by atoms with Gasteiger partial charge in [-0.1, -0.05) is 36.6 Å². The van der Waals surface area contributed by atoms with Gasteiger partial charge < -0.3 is 15.5 Å². The molecule has 2 N–H and O–H groups in total. The van der Waals surface area contributed by atoms with Crippen LogP contribution in [0.1, 0.15) is 48.6 Å². The maximum absolute atomic E-state index is 13.1. The van der Waals surface area contributed by atoms with Crippen molar-refractivity contribution in [2.24, 2.45) is 0 Å². The summed E-state index contributed by atoms with van der Waals surface area (Å²) in [4.78, 5) is 28.4. The molecule has 0 atom stereocenters. The van der Waals surface area contributed by atoms with Crippen LogP contribution in [0.2, 0.25) is 5.02 Å².